The molecule has 0 saturated carbocycles. The molecule has 8 nitrogen and oxygen atoms in total. The number of hydrogen-bond donors (Lipinski definition) is 1. The van der Waals surface area contributed by atoms with Gasteiger partial charge in [0.15, 0.2) is 0 Å². The Morgan fingerprint density at radius 1 is 1.12 bits per heavy atom. The molecule has 210 valence electrons. The Balaban J connectivity index is 1.97. The quantitative estimate of drug-likeness (QED) is 0.222. The number of pyridine rings is 1. The number of para-hydroxylation sites is 1. The Bertz CT molecular complexity index is 1420. The first kappa shape index (κ1) is 30.2. The van der Waals surface area contributed by atoms with E-state index in [0.717, 1.165) is 6.20 Å². The average Bonchev–Trinajstić information content (AvgIpc) is 2.93. The Hall–Kier alpha value is -4.30. The Morgan fingerprint density at radius 2 is 1.88 bits per heavy atom. The fourth-order valence-electron chi connectivity index (χ4n) is 3.73. The molecule has 3 aromatic rings. The second kappa shape index (κ2) is 13.7. The zero-order valence-electron chi connectivity index (χ0n) is 21.6. The summed E-state index contributed by atoms with van der Waals surface area (Å²) in [4.78, 5) is 28.4. The van der Waals surface area contributed by atoms with E-state index in [2.05, 4.69) is 10.3 Å². The first-order valence-electron chi connectivity index (χ1n) is 12.1. The van der Waals surface area contributed by atoms with Crippen molar-refractivity contribution in [2.45, 2.75) is 32.5 Å². The van der Waals surface area contributed by atoms with Gasteiger partial charge in [-0.3, -0.25) is 14.6 Å². The number of nitrogens with one attached hydrogen (secondary N) is 1. The van der Waals surface area contributed by atoms with Crippen molar-refractivity contribution in [1.29, 1.82) is 5.26 Å². The predicted octanol–water partition coefficient (Wildman–Crippen LogP) is 5.95. The van der Waals surface area contributed by atoms with Crippen molar-refractivity contribution < 1.29 is 37.0 Å². The number of carbonyl (C=O) groups excluding carboxylic acids is 2. The maximum Gasteiger partial charge on any atom is 0.433 e. The summed E-state index contributed by atoms with van der Waals surface area (Å²) in [7, 11) is 1.50. The summed E-state index contributed by atoms with van der Waals surface area (Å²) in [5.74, 6) is -0.339. The van der Waals surface area contributed by atoms with E-state index in [1.54, 1.807) is 37.3 Å². The van der Waals surface area contributed by atoms with Crippen LogP contribution in [0.3, 0.4) is 0 Å². The number of benzene rings is 2. The molecule has 0 atom stereocenters. The topological polar surface area (TPSA) is 111 Å². The summed E-state index contributed by atoms with van der Waals surface area (Å²) >= 11 is 6.45. The molecular weight excluding hydrogens is 551 g/mol. The van der Waals surface area contributed by atoms with Crippen LogP contribution in [-0.2, 0) is 22.3 Å². The highest BCUT2D eigenvalue weighted by atomic mass is 35.5. The number of hydrogen-bond acceptors (Lipinski definition) is 7. The van der Waals surface area contributed by atoms with Crippen LogP contribution in [0.2, 0.25) is 5.02 Å². The zero-order valence-corrected chi connectivity index (χ0v) is 22.4. The molecule has 0 spiro atoms. The van der Waals surface area contributed by atoms with Gasteiger partial charge in [-0.1, -0.05) is 29.8 Å². The van der Waals surface area contributed by atoms with Crippen molar-refractivity contribution in [1.82, 2.24) is 10.3 Å². The van der Waals surface area contributed by atoms with E-state index in [1.165, 1.54) is 19.2 Å². The summed E-state index contributed by atoms with van der Waals surface area (Å²) in [5, 5.41) is 12.3. The Morgan fingerprint density at radius 3 is 2.55 bits per heavy atom. The van der Waals surface area contributed by atoms with Crippen molar-refractivity contribution in [2.24, 2.45) is 0 Å². The minimum Gasteiger partial charge on any atom is -0.496 e. The fourth-order valence-corrected chi connectivity index (χ4v) is 3.98. The van der Waals surface area contributed by atoms with Crippen LogP contribution in [0.1, 0.15) is 46.9 Å². The van der Waals surface area contributed by atoms with Crippen LogP contribution in [0, 0.1) is 11.3 Å². The van der Waals surface area contributed by atoms with Gasteiger partial charge in [-0.15, -0.1) is 0 Å². The molecule has 0 aliphatic rings. The third-order valence-corrected chi connectivity index (χ3v) is 5.95. The summed E-state index contributed by atoms with van der Waals surface area (Å²) in [6.45, 7) is 2.08. The number of methoxy groups -OCH3 is 1. The first-order chi connectivity index (χ1) is 19.1. The maximum atomic E-state index is 13.3. The first-order valence-corrected chi connectivity index (χ1v) is 12.5. The molecule has 3 rings (SSSR count). The van der Waals surface area contributed by atoms with Gasteiger partial charge < -0.3 is 19.5 Å². The molecule has 0 unspecified atom stereocenters. The Labute approximate surface area is 233 Å². The molecule has 0 bridgehead atoms. The molecule has 12 heteroatoms. The van der Waals surface area contributed by atoms with Crippen LogP contribution in [0.15, 0.2) is 48.7 Å². The van der Waals surface area contributed by atoms with Gasteiger partial charge in [0.2, 0.25) is 0 Å². The maximum absolute atomic E-state index is 13.3. The molecule has 0 aliphatic carbocycles. The number of ether oxygens (including phenoxy) is 3. The largest absolute Gasteiger partial charge is 0.496 e. The van der Waals surface area contributed by atoms with Gasteiger partial charge in [0.05, 0.1) is 42.5 Å². The van der Waals surface area contributed by atoms with E-state index in [0.29, 0.717) is 23.8 Å². The van der Waals surface area contributed by atoms with Gasteiger partial charge in [0, 0.05) is 41.9 Å². The molecule has 0 aliphatic heterocycles. The normalized spacial score (nSPS) is 10.9. The average molecular weight is 576 g/mol. The number of nitriles is 1. The lowest BCUT2D eigenvalue weighted by molar-refractivity contribution is -0.143. The summed E-state index contributed by atoms with van der Waals surface area (Å²) in [6, 6.07) is 12.1. The molecule has 2 aromatic carbocycles. The second-order valence-electron chi connectivity index (χ2n) is 8.30. The SMILES string of the molecule is CCOC(=O)CCCOc1cc(Cl)c(-c2cnc(C(F)(F)F)cc2C#N)cc1C(=O)NCc1ccccc1OC. The van der Waals surface area contributed by atoms with Crippen molar-refractivity contribution in [3.05, 3.63) is 76.1 Å². The smallest absolute Gasteiger partial charge is 0.433 e. The minimum atomic E-state index is -4.75. The number of esters is 1. The van der Waals surface area contributed by atoms with Crippen LogP contribution >= 0.6 is 11.6 Å². The lowest BCUT2D eigenvalue weighted by Crippen LogP contribution is -2.24. The van der Waals surface area contributed by atoms with Crippen LogP contribution < -0.4 is 14.8 Å². The fraction of sp³-hybridized carbons (Fsp3) is 0.286. The molecular formula is C28H25ClF3N3O5. The lowest BCUT2D eigenvalue weighted by atomic mass is 9.98. The number of rotatable bonds is 11. The van der Waals surface area contributed by atoms with Gasteiger partial charge in [-0.05, 0) is 31.5 Å². The predicted molar refractivity (Wildman–Crippen MR) is 140 cm³/mol. The van der Waals surface area contributed by atoms with Crippen molar-refractivity contribution in [3.8, 4) is 28.7 Å². The number of carbonyl (C=O) groups is 2. The molecule has 1 N–H and O–H groups in total. The Kier molecular flexibility index (Phi) is 10.3. The second-order valence-corrected chi connectivity index (χ2v) is 8.71. The van der Waals surface area contributed by atoms with Gasteiger partial charge in [0.1, 0.15) is 17.2 Å². The van der Waals surface area contributed by atoms with Crippen molar-refractivity contribution in [3.63, 3.8) is 0 Å². The number of alkyl halides is 3. The third-order valence-electron chi connectivity index (χ3n) is 5.64. The third kappa shape index (κ3) is 7.64. The van der Waals surface area contributed by atoms with Crippen LogP contribution in [0.25, 0.3) is 11.1 Å². The van der Waals surface area contributed by atoms with E-state index in [9.17, 15) is 28.0 Å². The van der Waals surface area contributed by atoms with E-state index >= 15 is 0 Å². The number of nitrogens with zero attached hydrogens (tertiary/aromatic N) is 2. The zero-order chi connectivity index (χ0) is 29.3. The molecule has 1 aromatic heterocycles. The van der Waals surface area contributed by atoms with Crippen LogP contribution in [0.4, 0.5) is 13.2 Å². The van der Waals surface area contributed by atoms with E-state index < -0.39 is 23.7 Å². The van der Waals surface area contributed by atoms with E-state index in [4.69, 9.17) is 25.8 Å². The van der Waals surface area contributed by atoms with Crippen molar-refractivity contribution in [2.75, 3.05) is 20.3 Å². The highest BCUT2D eigenvalue weighted by molar-refractivity contribution is 6.33. The standard InChI is InChI=1S/C28H25ClF3N3O5/c1-3-39-26(36)9-6-10-40-24-13-22(29)19(21-16-34-25(28(30,31)32)11-18(21)14-33)12-20(24)27(37)35-15-17-7-4-5-8-23(17)38-2/h4-5,7-8,11-13,16H,3,6,9-10,15H2,1-2H3,(H,35,37). The molecule has 40 heavy (non-hydrogen) atoms. The summed E-state index contributed by atoms with van der Waals surface area (Å²) in [5.41, 5.74) is -0.737. The van der Waals surface area contributed by atoms with Crippen molar-refractivity contribution >= 4 is 23.5 Å². The summed E-state index contributed by atoms with van der Waals surface area (Å²) in [6.07, 6.45) is -3.47. The molecule has 1 amide bonds. The number of aromatic nitrogens is 1. The highest BCUT2D eigenvalue weighted by Gasteiger charge is 2.33. The van der Waals surface area contributed by atoms with Crippen LogP contribution in [-0.4, -0.2) is 37.2 Å². The van der Waals surface area contributed by atoms with Crippen LogP contribution in [0.5, 0.6) is 11.5 Å². The molecule has 0 radical (unpaired) electrons. The monoisotopic (exact) mass is 575 g/mol. The molecule has 1 heterocycles. The highest BCUT2D eigenvalue weighted by Crippen LogP contribution is 2.37. The molecule has 0 fully saturated rings. The van der Waals surface area contributed by atoms with E-state index in [-0.39, 0.29) is 59.2 Å². The number of amides is 1. The van der Waals surface area contributed by atoms with Gasteiger partial charge in [0.25, 0.3) is 5.91 Å². The van der Waals surface area contributed by atoms with Gasteiger partial charge in [-0.2, -0.15) is 18.4 Å². The van der Waals surface area contributed by atoms with Gasteiger partial charge in [-0.25, -0.2) is 0 Å². The van der Waals surface area contributed by atoms with E-state index in [1.807, 2.05) is 0 Å². The lowest BCUT2D eigenvalue weighted by Gasteiger charge is -2.16. The molecule has 0 saturated heterocycles. The minimum absolute atomic E-state index is 0.00754. The summed E-state index contributed by atoms with van der Waals surface area (Å²) < 4.78 is 55.4. The number of halogens is 4. The van der Waals surface area contributed by atoms with Gasteiger partial charge >= 0.3 is 12.1 Å².